The molecule has 1 saturated carbocycles. The maximum absolute atomic E-state index is 11.9. The summed E-state index contributed by atoms with van der Waals surface area (Å²) in [6.45, 7) is 0.717. The van der Waals surface area contributed by atoms with Crippen LogP contribution in [-0.4, -0.2) is 26.8 Å². The average Bonchev–Trinajstić information content (AvgIpc) is 3.15. The van der Waals surface area contributed by atoms with Gasteiger partial charge in [0.2, 0.25) is 10.0 Å². The summed E-state index contributed by atoms with van der Waals surface area (Å²) in [6, 6.07) is 5.45. The Morgan fingerprint density at radius 1 is 1.26 bits per heavy atom. The quantitative estimate of drug-likeness (QED) is 0.759. The number of anilines is 1. The Balaban J connectivity index is 1.86. The summed E-state index contributed by atoms with van der Waals surface area (Å²) >= 11 is 11.8. The molecule has 1 aliphatic carbocycles. The highest BCUT2D eigenvalue weighted by molar-refractivity contribution is 7.92. The van der Waals surface area contributed by atoms with E-state index in [1.54, 1.807) is 18.2 Å². The highest BCUT2D eigenvalue weighted by atomic mass is 35.5. The van der Waals surface area contributed by atoms with Crippen LogP contribution in [-0.2, 0) is 10.0 Å². The summed E-state index contributed by atoms with van der Waals surface area (Å²) in [5.41, 5.74) is 0.323. The molecule has 0 bridgehead atoms. The fourth-order valence-electron chi connectivity index (χ4n) is 1.66. The van der Waals surface area contributed by atoms with Gasteiger partial charge in [0, 0.05) is 6.04 Å². The van der Waals surface area contributed by atoms with E-state index in [9.17, 15) is 8.42 Å². The highest BCUT2D eigenvalue weighted by Gasteiger charge is 2.20. The lowest BCUT2D eigenvalue weighted by atomic mass is 10.3. The first-order valence-corrected chi connectivity index (χ1v) is 8.57. The first-order chi connectivity index (χ1) is 8.98. The minimum Gasteiger partial charge on any atom is -0.314 e. The number of halogens is 2. The summed E-state index contributed by atoms with van der Waals surface area (Å²) in [7, 11) is -3.38. The number of hydrogen-bond acceptors (Lipinski definition) is 3. The van der Waals surface area contributed by atoms with Crippen LogP contribution >= 0.6 is 23.2 Å². The molecule has 1 aliphatic rings. The van der Waals surface area contributed by atoms with Crippen molar-refractivity contribution in [3.63, 3.8) is 0 Å². The Kier molecular flexibility index (Phi) is 4.95. The average molecular weight is 323 g/mol. The molecule has 0 heterocycles. The SMILES string of the molecule is O=S(=O)(CCCNC1CC1)Nc1cccc(Cl)c1Cl. The molecule has 1 aromatic carbocycles. The molecule has 4 nitrogen and oxygen atoms in total. The molecule has 2 rings (SSSR count). The fourth-order valence-corrected chi connectivity index (χ4v) is 3.19. The Labute approximate surface area is 123 Å². The van der Waals surface area contributed by atoms with Crippen LogP contribution in [0.4, 0.5) is 5.69 Å². The second-order valence-electron chi connectivity index (χ2n) is 4.60. The summed E-state index contributed by atoms with van der Waals surface area (Å²) in [4.78, 5) is 0. The van der Waals surface area contributed by atoms with Crippen molar-refractivity contribution in [3.8, 4) is 0 Å². The Morgan fingerprint density at radius 2 is 2.00 bits per heavy atom. The van der Waals surface area contributed by atoms with Crippen LogP contribution < -0.4 is 10.0 Å². The lowest BCUT2D eigenvalue weighted by Gasteiger charge is -2.10. The summed E-state index contributed by atoms with van der Waals surface area (Å²) < 4.78 is 26.2. The molecule has 0 atom stereocenters. The number of sulfonamides is 1. The third-order valence-corrected chi connectivity index (χ3v) is 4.99. The van der Waals surface area contributed by atoms with Crippen LogP contribution in [0, 0.1) is 0 Å². The van der Waals surface area contributed by atoms with Crippen molar-refractivity contribution in [2.75, 3.05) is 17.0 Å². The zero-order chi connectivity index (χ0) is 13.9. The van der Waals surface area contributed by atoms with E-state index in [1.807, 2.05) is 0 Å². The van der Waals surface area contributed by atoms with Crippen molar-refractivity contribution in [2.45, 2.75) is 25.3 Å². The molecule has 0 amide bonds. The van der Waals surface area contributed by atoms with Crippen LogP contribution in [0.2, 0.25) is 10.0 Å². The van der Waals surface area contributed by atoms with E-state index in [4.69, 9.17) is 23.2 Å². The smallest absolute Gasteiger partial charge is 0.232 e. The summed E-state index contributed by atoms with van der Waals surface area (Å²) in [5.74, 6) is 0.0650. The van der Waals surface area contributed by atoms with Gasteiger partial charge in [-0.15, -0.1) is 0 Å². The number of benzene rings is 1. The minimum atomic E-state index is -3.38. The largest absolute Gasteiger partial charge is 0.314 e. The third kappa shape index (κ3) is 4.84. The van der Waals surface area contributed by atoms with Crippen LogP contribution in [0.25, 0.3) is 0 Å². The number of nitrogens with one attached hydrogen (secondary N) is 2. The van der Waals surface area contributed by atoms with Gasteiger partial charge in [-0.1, -0.05) is 29.3 Å². The zero-order valence-corrected chi connectivity index (χ0v) is 12.7. The maximum Gasteiger partial charge on any atom is 0.232 e. The van der Waals surface area contributed by atoms with Crippen molar-refractivity contribution in [1.82, 2.24) is 5.32 Å². The molecule has 1 fully saturated rings. The molecule has 7 heteroatoms. The maximum atomic E-state index is 11.9. The van der Waals surface area contributed by atoms with E-state index in [0.29, 0.717) is 23.2 Å². The molecular formula is C12H16Cl2N2O2S. The van der Waals surface area contributed by atoms with Gasteiger partial charge in [-0.25, -0.2) is 8.42 Å². The van der Waals surface area contributed by atoms with Gasteiger partial charge in [0.05, 0.1) is 21.5 Å². The van der Waals surface area contributed by atoms with Crippen molar-refractivity contribution in [2.24, 2.45) is 0 Å². The monoisotopic (exact) mass is 322 g/mol. The molecular weight excluding hydrogens is 307 g/mol. The Bertz CT molecular complexity index is 545. The van der Waals surface area contributed by atoms with E-state index in [0.717, 1.165) is 6.54 Å². The van der Waals surface area contributed by atoms with E-state index < -0.39 is 10.0 Å². The van der Waals surface area contributed by atoms with Crippen molar-refractivity contribution >= 4 is 38.9 Å². The van der Waals surface area contributed by atoms with Crippen LogP contribution in [0.5, 0.6) is 0 Å². The first kappa shape index (κ1) is 14.9. The van der Waals surface area contributed by atoms with E-state index >= 15 is 0 Å². The molecule has 19 heavy (non-hydrogen) atoms. The van der Waals surface area contributed by atoms with Crippen LogP contribution in [0.1, 0.15) is 19.3 Å². The molecule has 0 spiro atoms. The zero-order valence-electron chi connectivity index (χ0n) is 10.3. The Morgan fingerprint density at radius 3 is 2.68 bits per heavy atom. The lowest BCUT2D eigenvalue weighted by Crippen LogP contribution is -2.23. The van der Waals surface area contributed by atoms with Crippen molar-refractivity contribution in [3.05, 3.63) is 28.2 Å². The van der Waals surface area contributed by atoms with E-state index in [1.165, 1.54) is 12.8 Å². The predicted octanol–water partition coefficient (Wildman–Crippen LogP) is 2.88. The minimum absolute atomic E-state index is 0.0650. The van der Waals surface area contributed by atoms with Gasteiger partial charge in [-0.2, -0.15) is 0 Å². The van der Waals surface area contributed by atoms with E-state index in [-0.39, 0.29) is 10.8 Å². The third-order valence-electron chi connectivity index (χ3n) is 2.82. The second-order valence-corrected chi connectivity index (χ2v) is 7.23. The van der Waals surface area contributed by atoms with Crippen molar-refractivity contribution in [1.29, 1.82) is 0 Å². The molecule has 0 saturated heterocycles. The van der Waals surface area contributed by atoms with Gasteiger partial charge < -0.3 is 5.32 Å². The van der Waals surface area contributed by atoms with Crippen LogP contribution in [0.15, 0.2) is 18.2 Å². The standard InChI is InChI=1S/C12H16Cl2N2O2S/c13-10-3-1-4-11(12(10)14)16-19(17,18)8-2-7-15-9-5-6-9/h1,3-4,9,15-16H,2,5-8H2. The van der Waals surface area contributed by atoms with Gasteiger partial charge >= 0.3 is 0 Å². The highest BCUT2D eigenvalue weighted by Crippen LogP contribution is 2.30. The fraction of sp³-hybridized carbons (Fsp3) is 0.500. The van der Waals surface area contributed by atoms with Gasteiger partial charge in [-0.05, 0) is 37.9 Å². The lowest BCUT2D eigenvalue weighted by molar-refractivity contribution is 0.593. The second kappa shape index (κ2) is 6.31. The molecule has 0 aromatic heterocycles. The molecule has 1 aromatic rings. The molecule has 2 N–H and O–H groups in total. The van der Waals surface area contributed by atoms with E-state index in [2.05, 4.69) is 10.0 Å². The van der Waals surface area contributed by atoms with Gasteiger partial charge in [0.15, 0.2) is 0 Å². The number of hydrogen-bond donors (Lipinski definition) is 2. The molecule has 0 radical (unpaired) electrons. The normalized spacial score (nSPS) is 15.5. The summed E-state index contributed by atoms with van der Waals surface area (Å²) in [5, 5.41) is 3.83. The van der Waals surface area contributed by atoms with Gasteiger partial charge in [0.1, 0.15) is 0 Å². The van der Waals surface area contributed by atoms with Crippen molar-refractivity contribution < 1.29 is 8.42 Å². The molecule has 106 valence electrons. The molecule has 0 aliphatic heterocycles. The first-order valence-electron chi connectivity index (χ1n) is 6.16. The Hall–Kier alpha value is -0.490. The van der Waals surface area contributed by atoms with Gasteiger partial charge in [-0.3, -0.25) is 4.72 Å². The topological polar surface area (TPSA) is 58.2 Å². The van der Waals surface area contributed by atoms with Gasteiger partial charge in [0.25, 0.3) is 0 Å². The van der Waals surface area contributed by atoms with Crippen LogP contribution in [0.3, 0.4) is 0 Å². The summed E-state index contributed by atoms with van der Waals surface area (Å²) in [6.07, 6.45) is 2.97. The predicted molar refractivity (Wildman–Crippen MR) is 79.5 cm³/mol. The number of rotatable bonds is 7. The molecule has 0 unspecified atom stereocenters.